The second-order valence-corrected chi connectivity index (χ2v) is 4.59. The average Bonchev–Trinajstić information content (AvgIpc) is 2.94. The van der Waals surface area contributed by atoms with E-state index in [-0.39, 0.29) is 6.04 Å². The summed E-state index contributed by atoms with van der Waals surface area (Å²) in [6, 6.07) is 3.76. The summed E-state index contributed by atoms with van der Waals surface area (Å²) in [6.45, 7) is 2.15. The Balaban J connectivity index is 2.07. The van der Waals surface area contributed by atoms with Crippen molar-refractivity contribution in [1.82, 2.24) is 5.43 Å². The first-order valence-corrected chi connectivity index (χ1v) is 5.52. The van der Waals surface area contributed by atoms with E-state index in [1.165, 1.54) is 12.1 Å². The first-order chi connectivity index (χ1) is 7.61. The fourth-order valence-electron chi connectivity index (χ4n) is 2.17. The van der Waals surface area contributed by atoms with E-state index in [9.17, 15) is 8.78 Å². The maximum atomic E-state index is 13.4. The van der Waals surface area contributed by atoms with E-state index in [4.69, 9.17) is 5.84 Å². The fraction of sp³-hybridized carbons (Fsp3) is 0.500. The molecule has 1 aromatic rings. The van der Waals surface area contributed by atoms with Gasteiger partial charge in [0, 0.05) is 12.1 Å². The highest BCUT2D eigenvalue weighted by atomic mass is 19.1. The summed E-state index contributed by atoms with van der Waals surface area (Å²) < 4.78 is 26.1. The molecule has 2 nitrogen and oxygen atoms in total. The molecule has 1 aliphatic carbocycles. The lowest BCUT2D eigenvalue weighted by molar-refractivity contribution is 0.445. The molecule has 3 atom stereocenters. The Bertz CT molecular complexity index is 381. The highest BCUT2D eigenvalue weighted by Gasteiger charge is 2.39. The molecule has 1 fully saturated rings. The Hall–Kier alpha value is -1.00. The van der Waals surface area contributed by atoms with Crippen molar-refractivity contribution in [3.05, 3.63) is 35.4 Å². The molecule has 3 unspecified atom stereocenters. The van der Waals surface area contributed by atoms with Gasteiger partial charge in [0.2, 0.25) is 0 Å². The van der Waals surface area contributed by atoms with Crippen LogP contribution in [0, 0.1) is 23.5 Å². The van der Waals surface area contributed by atoms with E-state index in [0.717, 1.165) is 12.5 Å². The molecular formula is C12H16F2N2. The van der Waals surface area contributed by atoms with Crippen molar-refractivity contribution in [3.8, 4) is 0 Å². The number of hydrogen-bond donors (Lipinski definition) is 2. The Labute approximate surface area is 93.8 Å². The summed E-state index contributed by atoms with van der Waals surface area (Å²) in [7, 11) is 0. The summed E-state index contributed by atoms with van der Waals surface area (Å²) in [5.41, 5.74) is 3.24. The van der Waals surface area contributed by atoms with Crippen molar-refractivity contribution in [1.29, 1.82) is 0 Å². The molecule has 0 aliphatic heterocycles. The zero-order valence-corrected chi connectivity index (χ0v) is 9.21. The van der Waals surface area contributed by atoms with Crippen molar-refractivity contribution >= 4 is 0 Å². The summed E-state index contributed by atoms with van der Waals surface area (Å²) in [5.74, 6) is 5.57. The van der Waals surface area contributed by atoms with Crippen molar-refractivity contribution in [3.63, 3.8) is 0 Å². The predicted molar refractivity (Wildman–Crippen MR) is 58.4 cm³/mol. The SMILES string of the molecule is CC1CC1C(Cc1ccc(F)cc1F)NN. The minimum Gasteiger partial charge on any atom is -0.271 e. The summed E-state index contributed by atoms with van der Waals surface area (Å²) in [4.78, 5) is 0. The standard InChI is InChI=1S/C12H16F2N2/c1-7-4-10(7)12(16-15)5-8-2-3-9(13)6-11(8)14/h2-3,6-7,10,12,16H,4-5,15H2,1H3. The van der Waals surface area contributed by atoms with Crippen LogP contribution in [0.5, 0.6) is 0 Å². The molecule has 16 heavy (non-hydrogen) atoms. The van der Waals surface area contributed by atoms with Gasteiger partial charge >= 0.3 is 0 Å². The molecule has 0 amide bonds. The smallest absolute Gasteiger partial charge is 0.129 e. The zero-order chi connectivity index (χ0) is 11.7. The van der Waals surface area contributed by atoms with Gasteiger partial charge in [-0.2, -0.15) is 0 Å². The molecular weight excluding hydrogens is 210 g/mol. The van der Waals surface area contributed by atoms with Gasteiger partial charge in [-0.05, 0) is 36.3 Å². The van der Waals surface area contributed by atoms with Gasteiger partial charge < -0.3 is 0 Å². The van der Waals surface area contributed by atoms with Gasteiger partial charge in [-0.25, -0.2) is 8.78 Å². The molecule has 3 N–H and O–H groups in total. The van der Waals surface area contributed by atoms with Gasteiger partial charge in [-0.1, -0.05) is 13.0 Å². The number of rotatable bonds is 4. The lowest BCUT2D eigenvalue weighted by Crippen LogP contribution is -2.39. The largest absolute Gasteiger partial charge is 0.271 e. The number of nitrogens with one attached hydrogen (secondary N) is 1. The Morgan fingerprint density at radius 3 is 2.69 bits per heavy atom. The number of halogens is 2. The predicted octanol–water partition coefficient (Wildman–Crippen LogP) is 2.00. The molecule has 1 aromatic carbocycles. The maximum absolute atomic E-state index is 13.4. The van der Waals surface area contributed by atoms with E-state index in [1.54, 1.807) is 0 Å². The number of hydrogen-bond acceptors (Lipinski definition) is 2. The molecule has 1 aliphatic rings. The van der Waals surface area contributed by atoms with Crippen LogP contribution in [-0.4, -0.2) is 6.04 Å². The fourth-order valence-corrected chi connectivity index (χ4v) is 2.17. The highest BCUT2D eigenvalue weighted by Crippen LogP contribution is 2.41. The van der Waals surface area contributed by atoms with Crippen LogP contribution in [0.25, 0.3) is 0 Å². The third-order valence-electron chi connectivity index (χ3n) is 3.36. The van der Waals surface area contributed by atoms with Crippen LogP contribution in [-0.2, 0) is 6.42 Å². The van der Waals surface area contributed by atoms with Gasteiger partial charge in [-0.15, -0.1) is 0 Å². The van der Waals surface area contributed by atoms with E-state index in [2.05, 4.69) is 12.3 Å². The van der Waals surface area contributed by atoms with Crippen molar-refractivity contribution in [2.45, 2.75) is 25.8 Å². The lowest BCUT2D eigenvalue weighted by atomic mass is 10.0. The molecule has 0 spiro atoms. The first-order valence-electron chi connectivity index (χ1n) is 5.52. The van der Waals surface area contributed by atoms with Crippen LogP contribution < -0.4 is 11.3 Å². The average molecular weight is 226 g/mol. The van der Waals surface area contributed by atoms with Crippen LogP contribution in [0.1, 0.15) is 18.9 Å². The third-order valence-corrected chi connectivity index (χ3v) is 3.36. The van der Waals surface area contributed by atoms with E-state index >= 15 is 0 Å². The van der Waals surface area contributed by atoms with E-state index in [0.29, 0.717) is 23.8 Å². The van der Waals surface area contributed by atoms with Gasteiger partial charge in [0.25, 0.3) is 0 Å². The molecule has 0 radical (unpaired) electrons. The Morgan fingerprint density at radius 1 is 1.50 bits per heavy atom. The summed E-state index contributed by atoms with van der Waals surface area (Å²) in [5, 5.41) is 0. The second kappa shape index (κ2) is 4.47. The third kappa shape index (κ3) is 2.39. The quantitative estimate of drug-likeness (QED) is 0.608. The van der Waals surface area contributed by atoms with Crippen LogP contribution in [0.4, 0.5) is 8.78 Å². The Kier molecular flexibility index (Phi) is 3.21. The molecule has 0 saturated heterocycles. The molecule has 0 aromatic heterocycles. The minimum atomic E-state index is -0.543. The molecule has 0 heterocycles. The van der Waals surface area contributed by atoms with E-state index in [1.807, 2.05) is 0 Å². The first kappa shape index (κ1) is 11.5. The van der Waals surface area contributed by atoms with Gasteiger partial charge in [0.1, 0.15) is 11.6 Å². The molecule has 1 saturated carbocycles. The molecule has 4 heteroatoms. The van der Waals surface area contributed by atoms with Gasteiger partial charge in [-0.3, -0.25) is 11.3 Å². The van der Waals surface area contributed by atoms with Crippen LogP contribution in [0.15, 0.2) is 18.2 Å². The monoisotopic (exact) mass is 226 g/mol. The van der Waals surface area contributed by atoms with Crippen molar-refractivity contribution < 1.29 is 8.78 Å². The summed E-state index contributed by atoms with van der Waals surface area (Å²) in [6.07, 6.45) is 1.63. The number of hydrazine groups is 1. The molecule has 0 bridgehead atoms. The zero-order valence-electron chi connectivity index (χ0n) is 9.21. The van der Waals surface area contributed by atoms with Crippen molar-refractivity contribution in [2.24, 2.45) is 17.7 Å². The minimum absolute atomic E-state index is 0.0787. The van der Waals surface area contributed by atoms with Crippen LogP contribution in [0.2, 0.25) is 0 Å². The van der Waals surface area contributed by atoms with Gasteiger partial charge in [0.15, 0.2) is 0 Å². The maximum Gasteiger partial charge on any atom is 0.129 e. The molecule has 2 rings (SSSR count). The second-order valence-electron chi connectivity index (χ2n) is 4.59. The topological polar surface area (TPSA) is 38.0 Å². The summed E-state index contributed by atoms with van der Waals surface area (Å²) >= 11 is 0. The molecule has 88 valence electrons. The normalized spacial score (nSPS) is 25.5. The Morgan fingerprint density at radius 2 is 2.19 bits per heavy atom. The lowest BCUT2D eigenvalue weighted by Gasteiger charge is -2.16. The number of nitrogens with two attached hydrogens (primary N) is 1. The van der Waals surface area contributed by atoms with Crippen LogP contribution in [0.3, 0.4) is 0 Å². The number of benzene rings is 1. The van der Waals surface area contributed by atoms with Crippen molar-refractivity contribution in [2.75, 3.05) is 0 Å². The van der Waals surface area contributed by atoms with Crippen LogP contribution >= 0.6 is 0 Å². The van der Waals surface area contributed by atoms with E-state index < -0.39 is 11.6 Å². The highest BCUT2D eigenvalue weighted by molar-refractivity contribution is 5.20. The van der Waals surface area contributed by atoms with Gasteiger partial charge in [0.05, 0.1) is 0 Å².